The number of alkyl halides is 8. The van der Waals surface area contributed by atoms with Crippen molar-refractivity contribution in [2.45, 2.75) is 81.1 Å². The van der Waals surface area contributed by atoms with Crippen LogP contribution in [0.1, 0.15) is 103 Å². The Kier molecular flexibility index (Phi) is 19.1. The molecule has 8 aromatic carbocycles. The monoisotopic (exact) mass is 1190 g/mol. The van der Waals surface area contributed by atoms with Crippen LogP contribution in [-0.4, -0.2) is 48.5 Å². The molecule has 0 bridgehead atoms. The number of phenolic OH excluding ortho intramolecular Hbond substituents is 3. The quantitative estimate of drug-likeness (QED) is 0.0318. The van der Waals surface area contributed by atoms with E-state index in [1.54, 1.807) is 36.4 Å². The molecule has 3 N–H and O–H groups in total. The van der Waals surface area contributed by atoms with Gasteiger partial charge in [-0.2, -0.15) is 43.2 Å². The number of phenols is 3. The third-order valence-corrected chi connectivity index (χ3v) is 16.4. The third-order valence-electron chi connectivity index (χ3n) is 14.5. The van der Waals surface area contributed by atoms with E-state index in [-0.39, 0.29) is 28.0 Å². The molecular formula is C62H58Cl2F6O9S2. The Hall–Kier alpha value is -7.18. The lowest BCUT2D eigenvalue weighted by molar-refractivity contribution is -0.0504. The molecule has 0 aromatic heterocycles. The van der Waals surface area contributed by atoms with Crippen LogP contribution in [-0.2, 0) is 41.9 Å². The predicted octanol–water partition coefficient (Wildman–Crippen LogP) is 16.0. The molecule has 0 spiro atoms. The molecule has 0 aliphatic carbocycles. The fourth-order valence-corrected chi connectivity index (χ4v) is 10.2. The van der Waals surface area contributed by atoms with Crippen molar-refractivity contribution >= 4 is 43.4 Å². The summed E-state index contributed by atoms with van der Waals surface area (Å²) < 4.78 is 131. The van der Waals surface area contributed by atoms with E-state index >= 15 is 0 Å². The molecule has 0 amide bonds. The van der Waals surface area contributed by atoms with Crippen molar-refractivity contribution in [2.75, 3.05) is 5.34 Å². The lowest BCUT2D eigenvalue weighted by atomic mass is 9.70. The molecule has 8 aromatic rings. The molecule has 0 fully saturated rings. The summed E-state index contributed by atoms with van der Waals surface area (Å²) in [6.45, 7) is 14.1. The van der Waals surface area contributed by atoms with E-state index in [1.165, 1.54) is 29.8 Å². The largest absolute Gasteiger partial charge is 0.534 e. The van der Waals surface area contributed by atoms with Crippen LogP contribution in [0.4, 0.5) is 26.3 Å². The van der Waals surface area contributed by atoms with E-state index < -0.39 is 59.0 Å². The maximum Gasteiger partial charge on any atom is 0.534 e. The Labute approximate surface area is 478 Å². The summed E-state index contributed by atoms with van der Waals surface area (Å²) >= 11 is 9.53. The van der Waals surface area contributed by atoms with Gasteiger partial charge in [0.1, 0.15) is 28.7 Å². The molecule has 0 aliphatic heterocycles. The number of hydrogen-bond acceptors (Lipinski definition) is 9. The smallest absolute Gasteiger partial charge is 0.508 e. The van der Waals surface area contributed by atoms with E-state index in [1.807, 2.05) is 113 Å². The summed E-state index contributed by atoms with van der Waals surface area (Å²) in [5, 5.41) is 29.4. The highest BCUT2D eigenvalue weighted by Crippen LogP contribution is 2.44. The summed E-state index contributed by atoms with van der Waals surface area (Å²) in [6, 6.07) is 56.1. The normalized spacial score (nSPS) is 13.1. The number of hydrogen-bond donors (Lipinski definition) is 3. The van der Waals surface area contributed by atoms with E-state index in [4.69, 9.17) is 23.2 Å². The second kappa shape index (κ2) is 24.5. The zero-order chi connectivity index (χ0) is 60.0. The van der Waals surface area contributed by atoms with Crippen LogP contribution in [0.2, 0.25) is 0 Å². The van der Waals surface area contributed by atoms with Crippen LogP contribution in [0.25, 0.3) is 0 Å². The number of aromatic hydroxyl groups is 3. The van der Waals surface area contributed by atoms with Gasteiger partial charge in [0, 0.05) is 21.7 Å². The molecular weight excluding hydrogens is 1140 g/mol. The Morgan fingerprint density at radius 1 is 0.346 bits per heavy atom. The lowest BCUT2D eigenvalue weighted by Crippen LogP contribution is -2.28. The molecule has 0 saturated heterocycles. The summed E-state index contributed by atoms with van der Waals surface area (Å²) in [5.41, 5.74) is -3.17. The molecule has 1 atom stereocenters. The van der Waals surface area contributed by atoms with Crippen LogP contribution in [0.5, 0.6) is 28.7 Å². The molecule has 81 heavy (non-hydrogen) atoms. The van der Waals surface area contributed by atoms with E-state index in [9.17, 15) is 58.5 Å². The summed E-state index contributed by atoms with van der Waals surface area (Å²) in [4.78, 5) is 0. The predicted molar refractivity (Wildman–Crippen MR) is 304 cm³/mol. The summed E-state index contributed by atoms with van der Waals surface area (Å²) in [5.74, 6) is -0.274. The first kappa shape index (κ1) is 63.0. The molecule has 0 radical (unpaired) electrons. The van der Waals surface area contributed by atoms with Crippen LogP contribution in [0.15, 0.2) is 194 Å². The van der Waals surface area contributed by atoms with Gasteiger partial charge in [0.2, 0.25) is 0 Å². The average Bonchev–Trinajstić information content (AvgIpc) is 3.59. The maximum atomic E-state index is 12.8. The number of halogens is 8. The molecule has 8 rings (SSSR count). The van der Waals surface area contributed by atoms with Gasteiger partial charge in [0.25, 0.3) is 0 Å². The number of benzene rings is 8. The Balaban J connectivity index is 0.000000263. The molecule has 0 heterocycles. The van der Waals surface area contributed by atoms with Crippen LogP contribution in [0.3, 0.4) is 0 Å². The highest BCUT2D eigenvalue weighted by Gasteiger charge is 2.49. The second-order valence-corrected chi connectivity index (χ2v) is 24.2. The van der Waals surface area contributed by atoms with Crippen molar-refractivity contribution in [1.29, 1.82) is 0 Å². The van der Waals surface area contributed by atoms with Gasteiger partial charge in [0.15, 0.2) is 0 Å². The minimum absolute atomic E-state index is 0.194. The zero-order valence-electron chi connectivity index (χ0n) is 44.8. The van der Waals surface area contributed by atoms with Crippen LogP contribution >= 0.6 is 23.2 Å². The topological polar surface area (TPSA) is 147 Å². The molecule has 0 aliphatic rings. The van der Waals surface area contributed by atoms with Gasteiger partial charge in [0.05, 0.1) is 5.34 Å². The van der Waals surface area contributed by atoms with Gasteiger partial charge in [-0.05, 0) is 137 Å². The van der Waals surface area contributed by atoms with Crippen molar-refractivity contribution in [1.82, 2.24) is 0 Å². The first-order chi connectivity index (χ1) is 37.7. The maximum absolute atomic E-state index is 12.8. The zero-order valence-corrected chi connectivity index (χ0v) is 48.0. The van der Waals surface area contributed by atoms with Crippen molar-refractivity contribution < 1.29 is 66.9 Å². The molecule has 19 heteroatoms. The molecule has 1 unspecified atom stereocenters. The molecule has 0 saturated carbocycles. The second-order valence-electron chi connectivity index (χ2n) is 20.3. The van der Waals surface area contributed by atoms with Gasteiger partial charge in [-0.25, -0.2) is 0 Å². The Bertz CT molecular complexity index is 3550. The van der Waals surface area contributed by atoms with Crippen molar-refractivity contribution in [3.63, 3.8) is 0 Å². The average molecular weight is 1200 g/mol. The minimum Gasteiger partial charge on any atom is -0.508 e. The van der Waals surface area contributed by atoms with E-state index in [0.29, 0.717) is 11.1 Å². The van der Waals surface area contributed by atoms with Crippen molar-refractivity contribution in [2.24, 2.45) is 0 Å². The molecule has 9 nitrogen and oxygen atoms in total. The first-order valence-corrected chi connectivity index (χ1v) is 28.6. The SMILES string of the molecule is CC(C)(c1ccc(O)cc1)c1ccc(C(C)(c2ccc(O)cc2)c2ccc(O)cc2)cc1.Cc1ccc(C(C)(c2ccc(OS(=O)(=O)C(F)(F)F)cc2)c2ccc(C(C)(C)c3ccc(OS(=O)(=O)C(F)(F)F)cc3)cc2)cc1.ClCCl. The van der Waals surface area contributed by atoms with Crippen molar-refractivity contribution in [3.05, 3.63) is 255 Å². The van der Waals surface area contributed by atoms with Crippen LogP contribution in [0, 0.1) is 6.92 Å². The Morgan fingerprint density at radius 2 is 0.519 bits per heavy atom. The number of rotatable bonds is 14. The highest BCUT2D eigenvalue weighted by molar-refractivity contribution is 7.88. The molecule has 428 valence electrons. The highest BCUT2D eigenvalue weighted by atomic mass is 35.5. The Morgan fingerprint density at radius 3 is 0.753 bits per heavy atom. The summed E-state index contributed by atoms with van der Waals surface area (Å²) in [7, 11) is -11.7. The van der Waals surface area contributed by atoms with E-state index in [0.717, 1.165) is 68.8 Å². The van der Waals surface area contributed by atoms with Gasteiger partial charge in [-0.15, -0.1) is 23.2 Å². The fraction of sp³-hybridized carbons (Fsp3) is 0.226. The van der Waals surface area contributed by atoms with E-state index in [2.05, 4.69) is 53.4 Å². The van der Waals surface area contributed by atoms with Gasteiger partial charge in [-0.1, -0.05) is 167 Å². The minimum atomic E-state index is -5.85. The summed E-state index contributed by atoms with van der Waals surface area (Å²) in [6.07, 6.45) is 0. The first-order valence-electron chi connectivity index (χ1n) is 24.7. The van der Waals surface area contributed by atoms with Crippen molar-refractivity contribution in [3.8, 4) is 28.7 Å². The van der Waals surface area contributed by atoms with Gasteiger partial charge >= 0.3 is 31.3 Å². The fourth-order valence-electron chi connectivity index (χ4n) is 9.25. The third kappa shape index (κ3) is 14.1. The standard InChI is InChI=1S/C32H28F6O6S2.C29H28O3.CH2Cl2/c1-21-5-7-24(8-6-21)30(4,26-15-19-28(20-16-26)44-46(41,42)32(36,37)38)25-11-9-22(10-12-25)29(2,3)23-13-17-27(18-14-23)43-45(39,40)31(33,34)35;1-28(2,21-8-14-25(30)15-9-21)20-4-6-22(7-5-20)29(3,23-10-16-26(31)17-11-23)24-12-18-27(32)19-13-24;2-1-3/h5-20H,1-4H3;4-19,30-32H,1-3H3;1H2. The lowest BCUT2D eigenvalue weighted by Gasteiger charge is -2.33. The van der Waals surface area contributed by atoms with Crippen LogP contribution < -0.4 is 8.37 Å². The number of aryl methyl sites for hydroxylation is 1. The van der Waals surface area contributed by atoms with Gasteiger partial charge in [-0.3, -0.25) is 0 Å². The van der Waals surface area contributed by atoms with Gasteiger partial charge < -0.3 is 23.7 Å².